The Balaban J connectivity index is 0.000000230. The summed E-state index contributed by atoms with van der Waals surface area (Å²) in [4.78, 5) is 154. The molecular formula is C92H118B6N12O29S2. The quantitative estimate of drug-likeness (QED) is 0.00703. The average molecular weight is 1990 g/mol. The third kappa shape index (κ3) is 44.0. The van der Waals surface area contributed by atoms with E-state index < -0.39 is 127 Å². The van der Waals surface area contributed by atoms with Gasteiger partial charge in [0.15, 0.2) is 11.4 Å². The number of aliphatic hydroxyl groups excluding tert-OH is 1. The second-order valence-corrected chi connectivity index (χ2v) is 35.1. The van der Waals surface area contributed by atoms with E-state index in [-0.39, 0.29) is 159 Å². The van der Waals surface area contributed by atoms with Gasteiger partial charge in [-0.1, -0.05) is 132 Å². The number of Topliss-reactive ketones (excluding diaryl/α,β-unsaturated/α-hetero) is 6. The number of carbonyl (C=O) groups excluding carboxylic acids is 12. The summed E-state index contributed by atoms with van der Waals surface area (Å²) in [6.45, 7) is 8.49. The largest absolute Gasteiger partial charge is 0.508 e. The highest BCUT2D eigenvalue weighted by atomic mass is 32.1. The van der Waals surface area contributed by atoms with Crippen molar-refractivity contribution >= 4 is 159 Å². The van der Waals surface area contributed by atoms with Crippen LogP contribution in [-0.2, 0) is 116 Å². The molecule has 0 unspecified atom stereocenters. The fourth-order valence-corrected chi connectivity index (χ4v) is 15.6. The lowest BCUT2D eigenvalue weighted by Crippen LogP contribution is -2.50. The molecule has 0 radical (unpaired) electrons. The van der Waals surface area contributed by atoms with Crippen molar-refractivity contribution in [1.29, 1.82) is 0 Å². The Bertz CT molecular complexity index is 5120. The zero-order valence-corrected chi connectivity index (χ0v) is 80.2. The Morgan fingerprint density at radius 2 is 0.759 bits per heavy atom. The minimum absolute atomic E-state index is 0.0104. The van der Waals surface area contributed by atoms with E-state index in [0.717, 1.165) is 5.56 Å². The molecule has 0 fully saturated rings. The van der Waals surface area contributed by atoms with E-state index >= 15 is 0 Å². The first-order chi connectivity index (χ1) is 67.3. The van der Waals surface area contributed by atoms with Crippen LogP contribution in [0.3, 0.4) is 0 Å². The lowest BCUT2D eigenvalue weighted by Gasteiger charge is -2.20. The number of amides is 6. The SMILES string of the molecule is CC(=O)C[C@H]1C=CC[C@H](NC(=O)/C(=N\O)c2cccs2)B(O)O1.CC(=O)C[C@H]1C=CC[C@H](NC(=O)/C(=N\OCCO)c2cccs2)B(O)O1.CC(=O)C[C@H]1C=CC[C@H](NC(=O)Cc2cccc(N)n2)B(O)O1.CC(=O)C[C@H]1C=CC[C@H](NC(=O)Cc2cccc(O)c2)B(O)O1.CC(=O)C[C@H]1C=CC[C@H](NC(=O)Cc2ccccc2O)B(O)O1.CC(=O)C[C@H]1C=CC[C@H](NC(=O)Cc2ccnc(N)c2)B(O)O1. The van der Waals surface area contributed by atoms with E-state index in [1.54, 1.807) is 169 Å². The molecule has 20 N–H and O–H groups in total. The molecule has 0 saturated carbocycles. The van der Waals surface area contributed by atoms with Crippen LogP contribution in [0.4, 0.5) is 11.6 Å². The molecule has 10 heterocycles. The van der Waals surface area contributed by atoms with Crippen molar-refractivity contribution < 1.29 is 141 Å². The number of nitrogen functional groups attached to an aromatic ring is 2. The van der Waals surface area contributed by atoms with Crippen molar-refractivity contribution in [3.8, 4) is 11.5 Å². The normalized spacial score (nSPS) is 21.0. The van der Waals surface area contributed by atoms with Gasteiger partial charge in [-0.3, -0.25) is 57.5 Å². The van der Waals surface area contributed by atoms with Gasteiger partial charge < -0.3 is 127 Å². The topological polar surface area (TPSA) is 646 Å². The van der Waals surface area contributed by atoms with Gasteiger partial charge in [-0.25, -0.2) is 9.97 Å². The lowest BCUT2D eigenvalue weighted by molar-refractivity contribution is -0.121. The predicted octanol–water partition coefficient (Wildman–Crippen LogP) is 2.64. The number of benzene rings is 2. The van der Waals surface area contributed by atoms with E-state index in [2.05, 4.69) is 52.2 Å². The molecule has 12 atom stereocenters. The molecule has 750 valence electrons. The molecule has 0 bridgehead atoms. The molecule has 4 aromatic heterocycles. The molecule has 6 aromatic rings. The van der Waals surface area contributed by atoms with Crippen LogP contribution in [0.25, 0.3) is 0 Å². The summed E-state index contributed by atoms with van der Waals surface area (Å²) in [7, 11) is -7.24. The molecule has 41 nitrogen and oxygen atoms in total. The molecule has 0 aliphatic carbocycles. The highest BCUT2D eigenvalue weighted by molar-refractivity contribution is 7.13. The van der Waals surface area contributed by atoms with E-state index in [1.165, 1.54) is 88.6 Å². The highest BCUT2D eigenvalue weighted by Gasteiger charge is 2.40. The van der Waals surface area contributed by atoms with E-state index in [4.69, 9.17) is 54.5 Å². The van der Waals surface area contributed by atoms with Crippen LogP contribution in [-0.4, -0.2) is 270 Å². The molecule has 6 aliphatic rings. The summed E-state index contributed by atoms with van der Waals surface area (Å²) >= 11 is 2.57. The minimum Gasteiger partial charge on any atom is -0.508 e. The number of anilines is 2. The van der Waals surface area contributed by atoms with Gasteiger partial charge in [0.1, 0.15) is 64.4 Å². The zero-order chi connectivity index (χ0) is 103. The molecule has 12 rings (SSSR count). The van der Waals surface area contributed by atoms with Crippen LogP contribution in [0.5, 0.6) is 11.5 Å². The fourth-order valence-electron chi connectivity index (χ4n) is 14.2. The summed E-state index contributed by atoms with van der Waals surface area (Å²) in [6, 6.07) is 28.3. The zero-order valence-electron chi connectivity index (χ0n) is 78.6. The number of hydrogen-bond acceptors (Lipinski definition) is 37. The van der Waals surface area contributed by atoms with Gasteiger partial charge in [-0.05, 0) is 157 Å². The van der Waals surface area contributed by atoms with Gasteiger partial charge in [0.05, 0.1) is 120 Å². The fraction of sp³-hybridized carbons (Fsp3) is 0.391. The number of aliphatic hydroxyl groups is 1. The van der Waals surface area contributed by atoms with Crippen molar-refractivity contribution in [1.82, 2.24) is 41.9 Å². The van der Waals surface area contributed by atoms with Crippen molar-refractivity contribution in [3.05, 3.63) is 225 Å². The number of rotatable bonds is 33. The van der Waals surface area contributed by atoms with Crippen molar-refractivity contribution in [2.24, 2.45) is 10.3 Å². The minimum atomic E-state index is -1.26. The predicted molar refractivity (Wildman–Crippen MR) is 528 cm³/mol. The maximum atomic E-state index is 12.6. The van der Waals surface area contributed by atoms with Crippen LogP contribution in [0, 0.1) is 0 Å². The highest BCUT2D eigenvalue weighted by Crippen LogP contribution is 2.24. The number of phenolic OH excluding ortho intramolecular Hbond substituents is 2. The number of thiophene rings is 2. The first-order valence-electron chi connectivity index (χ1n) is 45.1. The number of oxime groups is 2. The summed E-state index contributed by atoms with van der Waals surface area (Å²) in [5.74, 6) is -5.33. The molecule has 2 aromatic carbocycles. The van der Waals surface area contributed by atoms with Gasteiger partial charge in [0.25, 0.3) is 11.8 Å². The summed E-state index contributed by atoms with van der Waals surface area (Å²) in [5, 5.41) is 124. The van der Waals surface area contributed by atoms with Crippen molar-refractivity contribution in [2.45, 2.75) is 217 Å². The standard InChI is InChI=1S/C16H21BN2O6S.2C16H20BNO5.2C15H20BN3O4.C14H17BN2O5S/c1-11(21)10-12-4-2-6-14(17(23)25-12)18-16(22)15(19-24-8-7-20)13-5-3-9-26-13;1-11(19)8-14-6-3-7-15(17(22)23-14)18-16(21)10-12-4-2-5-13(20)9-12;1-11(19)9-13-6-4-8-15(17(22)23-13)18-16(21)10-12-5-2-3-7-14(12)20;1-10(20)8-12-5-3-6-13(16(22)23-12)19-15(21)9-11-4-2-7-14(17)18-11;1-10(20)7-12-3-2-4-13(16(22)23-12)19-15(21)9-11-5-6-18-14(17)8-11;1-9(18)8-10-4-2-6-12(15(20)22-10)16-14(19)13(17-21)11-5-3-7-23-11/h2-5,9,12,14,20,23H,6-8,10H2,1H3,(H,18,22);2-6,9,14-15,20,22H,7-8,10H2,1H3,(H,18,21);2-7,13,15,20,22H,8-10H2,1H3,(H,18,21);2-5,7,12-13,22H,6,8-9H2,1H3,(H2,17,18)(H,19,21);2-3,5-6,8,12-13,22H,4,7,9H2,1H3,(H2,17,18)(H,19,21);2-5,7,10,12,20-21H,6,8H2,1H3,(H,16,19)/b19-15-;;;;;17-13-/t12-,14+;14-,15+;13-,15+;2*12-,13+;10-,12+/m111111/s1. The van der Waals surface area contributed by atoms with Crippen LogP contribution >= 0.6 is 22.7 Å². The number of phenols is 2. The number of carbonyl (C=O) groups is 12. The molecule has 6 aliphatic heterocycles. The molecular weight excluding hydrogens is 1870 g/mol. The molecule has 6 amide bonds. The number of hydrogen-bond donors (Lipinski definition) is 18. The maximum absolute atomic E-state index is 12.6. The average Bonchev–Trinajstić information content (AvgIpc) is 1.75. The number of aromatic nitrogens is 2. The number of nitrogens with two attached hydrogens (primary N) is 2. The van der Waals surface area contributed by atoms with E-state index in [0.29, 0.717) is 76.7 Å². The summed E-state index contributed by atoms with van der Waals surface area (Å²) in [5.41, 5.74) is 13.6. The maximum Gasteiger partial charge on any atom is 0.478 e. The lowest BCUT2D eigenvalue weighted by atomic mass is 9.77. The second-order valence-electron chi connectivity index (χ2n) is 33.2. The molecule has 141 heavy (non-hydrogen) atoms. The van der Waals surface area contributed by atoms with Crippen LogP contribution in [0.15, 0.2) is 203 Å². The molecule has 0 spiro atoms. The Kier molecular flexibility index (Phi) is 50.1. The number of para-hydroxylation sites is 1. The monoisotopic (exact) mass is 1980 g/mol. The Hall–Kier alpha value is -12.6. The van der Waals surface area contributed by atoms with Gasteiger partial charge in [0, 0.05) is 50.3 Å². The summed E-state index contributed by atoms with van der Waals surface area (Å²) < 4.78 is 32.4. The Morgan fingerprint density at radius 3 is 1.10 bits per heavy atom. The van der Waals surface area contributed by atoms with Gasteiger partial charge in [-0.2, -0.15) is 0 Å². The smallest absolute Gasteiger partial charge is 0.478 e. The van der Waals surface area contributed by atoms with Crippen LogP contribution < -0.4 is 43.4 Å². The van der Waals surface area contributed by atoms with Crippen LogP contribution in [0.1, 0.15) is 151 Å². The number of pyridine rings is 2. The third-order valence-electron chi connectivity index (χ3n) is 20.7. The second kappa shape index (κ2) is 61.2. The third-order valence-corrected chi connectivity index (χ3v) is 22.5. The molecule has 49 heteroatoms. The van der Waals surface area contributed by atoms with Crippen molar-refractivity contribution in [2.75, 3.05) is 24.7 Å². The Morgan fingerprint density at radius 1 is 0.411 bits per heavy atom. The summed E-state index contributed by atoms with van der Waals surface area (Å²) in [6.07, 6.45) is 23.4. The number of nitrogens with zero attached hydrogens (tertiary/aromatic N) is 4. The van der Waals surface area contributed by atoms with Gasteiger partial charge in [0.2, 0.25) is 23.6 Å². The number of ketones is 6. The first kappa shape index (κ1) is 115. The van der Waals surface area contributed by atoms with E-state index in [9.17, 15) is 97.9 Å². The Labute approximate surface area is 825 Å². The van der Waals surface area contributed by atoms with E-state index in [1.807, 2.05) is 0 Å². The van der Waals surface area contributed by atoms with Crippen molar-refractivity contribution in [3.63, 3.8) is 0 Å². The molecule has 0 saturated heterocycles. The van der Waals surface area contributed by atoms with Gasteiger partial charge in [-0.15, -0.1) is 22.7 Å². The first-order valence-corrected chi connectivity index (χ1v) is 46.9. The van der Waals surface area contributed by atoms with Crippen LogP contribution in [0.2, 0.25) is 0 Å². The number of aromatic hydroxyl groups is 2. The van der Waals surface area contributed by atoms with Gasteiger partial charge >= 0.3 is 42.7 Å². The number of nitrogens with one attached hydrogen (secondary N) is 6.